The highest BCUT2D eigenvalue weighted by molar-refractivity contribution is 5.76. The second-order valence-electron chi connectivity index (χ2n) is 9.27. The number of hydrogen-bond acceptors (Lipinski definition) is 4. The molecule has 1 saturated heterocycles. The van der Waals surface area contributed by atoms with Crippen LogP contribution in [0.2, 0.25) is 0 Å². The van der Waals surface area contributed by atoms with Gasteiger partial charge in [-0.1, -0.05) is 76.3 Å². The summed E-state index contributed by atoms with van der Waals surface area (Å²) in [6.45, 7) is 9.80. The zero-order valence-corrected chi connectivity index (χ0v) is 21.0. The molecule has 1 aromatic carbocycles. The Hall–Kier alpha value is -2.43. The maximum atomic E-state index is 12.8. The molecule has 5 heteroatoms. The van der Waals surface area contributed by atoms with Gasteiger partial charge in [-0.15, -0.1) is 0 Å². The number of carbonyl (C=O) groups excluding carboxylic acids is 1. The first kappa shape index (κ1) is 25.2. The lowest BCUT2D eigenvalue weighted by Crippen LogP contribution is -2.35. The highest BCUT2D eigenvalue weighted by atomic mass is 16.2. The van der Waals surface area contributed by atoms with Crippen LogP contribution >= 0.6 is 0 Å². The molecule has 0 aliphatic carbocycles. The van der Waals surface area contributed by atoms with Gasteiger partial charge in [-0.05, 0) is 31.7 Å². The van der Waals surface area contributed by atoms with Crippen molar-refractivity contribution in [1.82, 2.24) is 14.9 Å². The summed E-state index contributed by atoms with van der Waals surface area (Å²) in [7, 11) is 0. The highest BCUT2D eigenvalue weighted by Crippen LogP contribution is 2.26. The van der Waals surface area contributed by atoms with Crippen molar-refractivity contribution in [3.05, 3.63) is 53.0 Å². The minimum Gasteiger partial charge on any atom is -0.354 e. The lowest BCUT2D eigenvalue weighted by Gasteiger charge is -2.26. The van der Waals surface area contributed by atoms with Crippen LogP contribution in [0.4, 0.5) is 5.82 Å². The van der Waals surface area contributed by atoms with E-state index in [4.69, 9.17) is 9.97 Å². The molecule has 0 bridgehead atoms. The number of carbonyl (C=O) groups is 1. The lowest BCUT2D eigenvalue weighted by molar-refractivity contribution is -0.131. The quantitative estimate of drug-likeness (QED) is 0.410. The van der Waals surface area contributed by atoms with Gasteiger partial charge in [0.25, 0.3) is 0 Å². The molecule has 33 heavy (non-hydrogen) atoms. The summed E-state index contributed by atoms with van der Waals surface area (Å²) >= 11 is 0. The Morgan fingerprint density at radius 3 is 2.42 bits per heavy atom. The van der Waals surface area contributed by atoms with Gasteiger partial charge in [-0.3, -0.25) is 4.79 Å². The third-order valence-corrected chi connectivity index (χ3v) is 6.63. The second-order valence-corrected chi connectivity index (χ2v) is 9.27. The average Bonchev–Trinajstić information content (AvgIpc) is 3.09. The number of amides is 1. The Kier molecular flexibility index (Phi) is 10.2. The van der Waals surface area contributed by atoms with Gasteiger partial charge in [0.1, 0.15) is 11.6 Å². The Bertz CT molecular complexity index is 868. The number of rotatable bonds is 11. The number of nitrogens with zero attached hydrogens (tertiary/aromatic N) is 4. The van der Waals surface area contributed by atoms with Crippen molar-refractivity contribution in [3.63, 3.8) is 0 Å². The normalized spacial score (nSPS) is 14.4. The SMILES string of the molecule is CCCCCCCCC(=O)N1CCCN(c2nc(C)nc(CC)c2Cc2ccccc2)CC1. The largest absolute Gasteiger partial charge is 0.354 e. The molecule has 180 valence electrons. The summed E-state index contributed by atoms with van der Waals surface area (Å²) in [6, 6.07) is 10.6. The van der Waals surface area contributed by atoms with Crippen LogP contribution in [0.15, 0.2) is 30.3 Å². The smallest absolute Gasteiger partial charge is 0.222 e. The number of unbranched alkanes of at least 4 members (excludes halogenated alkanes) is 5. The van der Waals surface area contributed by atoms with Crippen LogP contribution < -0.4 is 4.90 Å². The van der Waals surface area contributed by atoms with Crippen molar-refractivity contribution in [2.45, 2.75) is 85.0 Å². The van der Waals surface area contributed by atoms with Crippen molar-refractivity contribution in [2.24, 2.45) is 0 Å². The second kappa shape index (κ2) is 13.3. The van der Waals surface area contributed by atoms with E-state index < -0.39 is 0 Å². The first-order valence-corrected chi connectivity index (χ1v) is 13.0. The summed E-state index contributed by atoms with van der Waals surface area (Å²) in [6.07, 6.45) is 10.7. The van der Waals surface area contributed by atoms with E-state index in [0.717, 1.165) is 69.2 Å². The van der Waals surface area contributed by atoms with Crippen molar-refractivity contribution < 1.29 is 4.79 Å². The fraction of sp³-hybridized carbons (Fsp3) is 0.607. The topological polar surface area (TPSA) is 49.3 Å². The predicted octanol–water partition coefficient (Wildman–Crippen LogP) is 5.73. The Morgan fingerprint density at radius 1 is 0.909 bits per heavy atom. The standard InChI is InChI=1S/C28H42N4O/c1-4-6-7-8-9-13-17-27(33)31-18-14-19-32(21-20-31)28-25(22-24-15-11-10-12-16-24)26(5-2)29-23(3)30-28/h10-12,15-16H,4-9,13-14,17-22H2,1-3H3. The third kappa shape index (κ3) is 7.55. The van der Waals surface area contributed by atoms with Gasteiger partial charge in [-0.2, -0.15) is 0 Å². The van der Waals surface area contributed by atoms with Crippen LogP contribution in [-0.2, 0) is 17.6 Å². The molecule has 0 saturated carbocycles. The molecule has 2 aromatic rings. The molecule has 2 heterocycles. The van der Waals surface area contributed by atoms with Crippen molar-refractivity contribution in [1.29, 1.82) is 0 Å². The van der Waals surface area contributed by atoms with E-state index in [-0.39, 0.29) is 0 Å². The molecule has 1 aliphatic heterocycles. The maximum absolute atomic E-state index is 12.8. The first-order chi connectivity index (χ1) is 16.1. The van der Waals surface area contributed by atoms with Crippen molar-refractivity contribution in [2.75, 3.05) is 31.1 Å². The lowest BCUT2D eigenvalue weighted by atomic mass is 10.0. The maximum Gasteiger partial charge on any atom is 0.222 e. The van der Waals surface area contributed by atoms with E-state index in [1.54, 1.807) is 0 Å². The Morgan fingerprint density at radius 2 is 1.67 bits per heavy atom. The van der Waals surface area contributed by atoms with E-state index in [2.05, 4.69) is 54.0 Å². The molecule has 0 unspecified atom stereocenters. The summed E-state index contributed by atoms with van der Waals surface area (Å²) < 4.78 is 0. The van der Waals surface area contributed by atoms with Gasteiger partial charge < -0.3 is 9.80 Å². The monoisotopic (exact) mass is 450 g/mol. The van der Waals surface area contributed by atoms with E-state index in [9.17, 15) is 4.79 Å². The van der Waals surface area contributed by atoms with E-state index in [1.807, 2.05) is 6.92 Å². The number of aromatic nitrogens is 2. The van der Waals surface area contributed by atoms with Gasteiger partial charge in [0.2, 0.25) is 5.91 Å². The summed E-state index contributed by atoms with van der Waals surface area (Å²) in [5.74, 6) is 2.22. The van der Waals surface area contributed by atoms with Crippen LogP contribution in [0.25, 0.3) is 0 Å². The van der Waals surface area contributed by atoms with Gasteiger partial charge in [0, 0.05) is 50.3 Å². The van der Waals surface area contributed by atoms with Crippen LogP contribution in [0, 0.1) is 6.92 Å². The number of anilines is 1. The molecule has 1 aromatic heterocycles. The Labute approximate surface area is 200 Å². The van der Waals surface area contributed by atoms with Crippen LogP contribution in [0.5, 0.6) is 0 Å². The number of aryl methyl sites for hydroxylation is 2. The molecule has 0 atom stereocenters. The highest BCUT2D eigenvalue weighted by Gasteiger charge is 2.23. The van der Waals surface area contributed by atoms with Gasteiger partial charge in [0.05, 0.1) is 0 Å². The molecule has 5 nitrogen and oxygen atoms in total. The summed E-state index contributed by atoms with van der Waals surface area (Å²) in [5, 5.41) is 0. The zero-order valence-electron chi connectivity index (χ0n) is 21.0. The molecular formula is C28H42N4O. The molecule has 0 spiro atoms. The molecule has 0 radical (unpaired) electrons. The minimum absolute atomic E-state index is 0.324. The third-order valence-electron chi connectivity index (χ3n) is 6.63. The molecule has 1 fully saturated rings. The van der Waals surface area contributed by atoms with Gasteiger partial charge in [-0.25, -0.2) is 9.97 Å². The number of benzene rings is 1. The Balaban J connectivity index is 1.65. The molecular weight excluding hydrogens is 408 g/mol. The number of hydrogen-bond donors (Lipinski definition) is 0. The molecule has 1 amide bonds. The van der Waals surface area contributed by atoms with Gasteiger partial charge in [0.15, 0.2) is 0 Å². The summed E-state index contributed by atoms with van der Waals surface area (Å²) in [5.41, 5.74) is 3.66. The van der Waals surface area contributed by atoms with E-state index in [0.29, 0.717) is 12.3 Å². The fourth-order valence-electron chi connectivity index (χ4n) is 4.77. The van der Waals surface area contributed by atoms with Crippen molar-refractivity contribution in [3.8, 4) is 0 Å². The molecule has 0 N–H and O–H groups in total. The van der Waals surface area contributed by atoms with Crippen LogP contribution in [0.1, 0.15) is 87.9 Å². The first-order valence-electron chi connectivity index (χ1n) is 13.0. The predicted molar refractivity (Wildman–Crippen MR) is 137 cm³/mol. The van der Waals surface area contributed by atoms with E-state index >= 15 is 0 Å². The van der Waals surface area contributed by atoms with Gasteiger partial charge >= 0.3 is 0 Å². The van der Waals surface area contributed by atoms with Crippen LogP contribution in [-0.4, -0.2) is 47.0 Å². The van der Waals surface area contributed by atoms with Crippen LogP contribution in [0.3, 0.4) is 0 Å². The zero-order chi connectivity index (χ0) is 23.5. The summed E-state index contributed by atoms with van der Waals surface area (Å²) in [4.78, 5) is 27.0. The molecule has 3 rings (SSSR count). The molecule has 1 aliphatic rings. The fourth-order valence-corrected chi connectivity index (χ4v) is 4.77. The average molecular weight is 451 g/mol. The minimum atomic E-state index is 0.324. The van der Waals surface area contributed by atoms with Crippen molar-refractivity contribution >= 4 is 11.7 Å². The van der Waals surface area contributed by atoms with E-state index in [1.165, 1.54) is 43.2 Å².